The highest BCUT2D eigenvalue weighted by Gasteiger charge is 1.96. The van der Waals surface area contributed by atoms with Crippen molar-refractivity contribution in [3.8, 4) is 0 Å². The number of nitrogens with two attached hydrogens (primary N) is 1. The molecule has 2 nitrogen and oxygen atoms in total. The van der Waals surface area contributed by atoms with Crippen molar-refractivity contribution >= 4 is 5.91 Å². The molecule has 0 saturated carbocycles. The maximum atomic E-state index is 9.92. The summed E-state index contributed by atoms with van der Waals surface area (Å²) in [5.41, 5.74) is 4.80. The highest BCUT2D eigenvalue weighted by Crippen LogP contribution is 1.84. The van der Waals surface area contributed by atoms with Crippen LogP contribution in [0.15, 0.2) is 0 Å². The quantitative estimate of drug-likeness (QED) is 0.523. The van der Waals surface area contributed by atoms with Gasteiger partial charge in [0.15, 0.2) is 0 Å². The SMILES string of the molecule is C.CC(C)C(N)=O. The van der Waals surface area contributed by atoms with Gasteiger partial charge in [0, 0.05) is 5.92 Å². The van der Waals surface area contributed by atoms with Crippen LogP contribution in [0, 0.1) is 5.92 Å². The lowest BCUT2D eigenvalue weighted by molar-refractivity contribution is -0.120. The van der Waals surface area contributed by atoms with Crippen LogP contribution < -0.4 is 5.73 Å². The molecule has 0 saturated heterocycles. The molecule has 0 spiro atoms. The van der Waals surface area contributed by atoms with E-state index in [9.17, 15) is 4.79 Å². The number of primary amides is 1. The van der Waals surface area contributed by atoms with E-state index < -0.39 is 0 Å². The zero-order chi connectivity index (χ0) is 5.15. The van der Waals surface area contributed by atoms with E-state index in [0.29, 0.717) is 0 Å². The standard InChI is InChI=1S/C4H9NO.CH4/c1-3(2)4(5)6;/h3H,1-2H3,(H2,5,6);1H4. The molecule has 44 valence electrons. The van der Waals surface area contributed by atoms with Crippen LogP contribution in [0.2, 0.25) is 0 Å². The average molecular weight is 103 g/mol. The highest BCUT2D eigenvalue weighted by atomic mass is 16.1. The van der Waals surface area contributed by atoms with Gasteiger partial charge in [-0.15, -0.1) is 0 Å². The number of rotatable bonds is 1. The van der Waals surface area contributed by atoms with Gasteiger partial charge in [-0.2, -0.15) is 0 Å². The van der Waals surface area contributed by atoms with Gasteiger partial charge in [0.1, 0.15) is 0 Å². The summed E-state index contributed by atoms with van der Waals surface area (Å²) in [6, 6.07) is 0. The second kappa shape index (κ2) is 3.65. The molecule has 0 aliphatic heterocycles. The second-order valence-corrected chi connectivity index (χ2v) is 1.56. The largest absolute Gasteiger partial charge is 0.369 e. The lowest BCUT2D eigenvalue weighted by Crippen LogP contribution is -2.17. The van der Waals surface area contributed by atoms with Crippen LogP contribution in [0.3, 0.4) is 0 Å². The Hall–Kier alpha value is -0.530. The first-order valence-electron chi connectivity index (χ1n) is 1.94. The van der Waals surface area contributed by atoms with Crippen LogP contribution in [-0.2, 0) is 4.79 Å². The molecule has 0 fully saturated rings. The molecule has 0 heterocycles. The molecule has 0 radical (unpaired) electrons. The van der Waals surface area contributed by atoms with Crippen molar-refractivity contribution in [2.75, 3.05) is 0 Å². The molecule has 0 aromatic heterocycles. The van der Waals surface area contributed by atoms with E-state index in [-0.39, 0.29) is 19.3 Å². The molecule has 0 bridgehead atoms. The zero-order valence-corrected chi connectivity index (χ0v) is 4.06. The number of carbonyl (C=O) groups is 1. The molecule has 7 heavy (non-hydrogen) atoms. The molecule has 0 aliphatic carbocycles. The van der Waals surface area contributed by atoms with Gasteiger partial charge >= 0.3 is 0 Å². The fourth-order valence-corrected chi connectivity index (χ4v) is 0. The molecule has 2 heteroatoms. The lowest BCUT2D eigenvalue weighted by Gasteiger charge is -1.90. The van der Waals surface area contributed by atoms with Crippen molar-refractivity contribution in [2.24, 2.45) is 11.7 Å². The lowest BCUT2D eigenvalue weighted by atomic mass is 10.2. The fraction of sp³-hybridized carbons (Fsp3) is 0.800. The molecular weight excluding hydrogens is 90.1 g/mol. The molecule has 1 amide bonds. The maximum Gasteiger partial charge on any atom is 0.219 e. The van der Waals surface area contributed by atoms with Gasteiger partial charge in [0.05, 0.1) is 0 Å². The third kappa shape index (κ3) is 5.47. The number of hydrogen-bond donors (Lipinski definition) is 1. The Kier molecular flexibility index (Phi) is 5.06. The first-order chi connectivity index (χ1) is 2.64. The van der Waals surface area contributed by atoms with E-state index >= 15 is 0 Å². The Bertz CT molecular complexity index is 59.1. The molecule has 0 rings (SSSR count). The second-order valence-electron chi connectivity index (χ2n) is 1.56. The molecule has 2 N–H and O–H groups in total. The minimum Gasteiger partial charge on any atom is -0.369 e. The molecular formula is C5H13NO. The third-order valence-electron chi connectivity index (χ3n) is 0.569. The van der Waals surface area contributed by atoms with Crippen molar-refractivity contribution in [3.05, 3.63) is 0 Å². The van der Waals surface area contributed by atoms with Crippen molar-refractivity contribution < 1.29 is 4.79 Å². The summed E-state index contributed by atoms with van der Waals surface area (Å²) in [4.78, 5) is 9.92. The topological polar surface area (TPSA) is 43.1 Å². The Morgan fingerprint density at radius 3 is 1.71 bits per heavy atom. The Balaban J connectivity index is 0. The molecule has 0 unspecified atom stereocenters. The molecule has 0 aliphatic rings. The highest BCUT2D eigenvalue weighted by molar-refractivity contribution is 5.75. The summed E-state index contributed by atoms with van der Waals surface area (Å²) in [6.07, 6.45) is 0. The van der Waals surface area contributed by atoms with E-state index in [1.54, 1.807) is 13.8 Å². The molecule has 0 aromatic rings. The van der Waals surface area contributed by atoms with Gasteiger partial charge in [0.2, 0.25) is 5.91 Å². The minimum atomic E-state index is -0.241. The summed E-state index contributed by atoms with van der Waals surface area (Å²) in [6.45, 7) is 3.53. The summed E-state index contributed by atoms with van der Waals surface area (Å²) < 4.78 is 0. The van der Waals surface area contributed by atoms with Crippen LogP contribution in [0.1, 0.15) is 21.3 Å². The average Bonchev–Trinajstić information content (AvgIpc) is 1.36. The summed E-state index contributed by atoms with van der Waals surface area (Å²) >= 11 is 0. The first kappa shape index (κ1) is 9.69. The summed E-state index contributed by atoms with van der Waals surface area (Å²) in [5.74, 6) is -0.250. The summed E-state index contributed by atoms with van der Waals surface area (Å²) in [7, 11) is 0. The Morgan fingerprint density at radius 2 is 1.71 bits per heavy atom. The van der Waals surface area contributed by atoms with Crippen molar-refractivity contribution in [2.45, 2.75) is 21.3 Å². The normalized spacial score (nSPS) is 7.86. The Morgan fingerprint density at radius 1 is 1.57 bits per heavy atom. The van der Waals surface area contributed by atoms with Gasteiger partial charge in [-0.05, 0) is 0 Å². The molecule has 0 atom stereocenters. The van der Waals surface area contributed by atoms with Crippen LogP contribution >= 0.6 is 0 Å². The predicted molar refractivity (Wildman–Crippen MR) is 30.8 cm³/mol. The fourth-order valence-electron chi connectivity index (χ4n) is 0. The van der Waals surface area contributed by atoms with Crippen LogP contribution in [0.4, 0.5) is 0 Å². The number of carbonyl (C=O) groups excluding carboxylic acids is 1. The predicted octanol–water partition coefficient (Wildman–Crippen LogP) is 0.764. The van der Waals surface area contributed by atoms with Crippen molar-refractivity contribution in [3.63, 3.8) is 0 Å². The monoisotopic (exact) mass is 103 g/mol. The minimum absolute atomic E-state index is 0. The van der Waals surface area contributed by atoms with Gasteiger partial charge in [-0.3, -0.25) is 4.79 Å². The van der Waals surface area contributed by atoms with E-state index in [1.165, 1.54) is 0 Å². The van der Waals surface area contributed by atoms with Crippen molar-refractivity contribution in [1.82, 2.24) is 0 Å². The van der Waals surface area contributed by atoms with Crippen LogP contribution in [0.25, 0.3) is 0 Å². The Labute approximate surface area is 44.7 Å². The maximum absolute atomic E-state index is 9.92. The van der Waals surface area contributed by atoms with E-state index in [1.807, 2.05) is 0 Å². The van der Waals surface area contributed by atoms with Gasteiger partial charge in [-0.25, -0.2) is 0 Å². The third-order valence-corrected chi connectivity index (χ3v) is 0.569. The number of hydrogen-bond acceptors (Lipinski definition) is 1. The van der Waals surface area contributed by atoms with Gasteiger partial charge in [-0.1, -0.05) is 21.3 Å². The summed E-state index contributed by atoms with van der Waals surface area (Å²) in [5, 5.41) is 0. The number of amides is 1. The zero-order valence-electron chi connectivity index (χ0n) is 4.06. The molecule has 0 aromatic carbocycles. The van der Waals surface area contributed by atoms with Gasteiger partial charge in [0.25, 0.3) is 0 Å². The van der Waals surface area contributed by atoms with E-state index in [0.717, 1.165) is 0 Å². The van der Waals surface area contributed by atoms with Crippen LogP contribution in [-0.4, -0.2) is 5.91 Å². The van der Waals surface area contributed by atoms with E-state index in [2.05, 4.69) is 0 Å². The van der Waals surface area contributed by atoms with E-state index in [4.69, 9.17) is 5.73 Å². The first-order valence-corrected chi connectivity index (χ1v) is 1.94. The van der Waals surface area contributed by atoms with Crippen LogP contribution in [0.5, 0.6) is 0 Å². The smallest absolute Gasteiger partial charge is 0.219 e. The van der Waals surface area contributed by atoms with Gasteiger partial charge < -0.3 is 5.73 Å². The van der Waals surface area contributed by atoms with Crippen molar-refractivity contribution in [1.29, 1.82) is 0 Å².